The van der Waals surface area contributed by atoms with Gasteiger partial charge < -0.3 is 9.64 Å². The fourth-order valence-electron chi connectivity index (χ4n) is 4.37. The maximum absolute atomic E-state index is 5.88. The maximum atomic E-state index is 5.88. The molecule has 0 amide bonds. The molecule has 186 valence electrons. The van der Waals surface area contributed by atoms with E-state index >= 15 is 0 Å². The van der Waals surface area contributed by atoms with Gasteiger partial charge in [-0.2, -0.15) is 9.67 Å². The summed E-state index contributed by atoms with van der Waals surface area (Å²) in [5.74, 6) is 2.65. The van der Waals surface area contributed by atoms with Crippen LogP contribution in [-0.4, -0.2) is 61.0 Å². The van der Waals surface area contributed by atoms with Crippen LogP contribution in [0.15, 0.2) is 91.3 Å². The van der Waals surface area contributed by atoms with Crippen LogP contribution < -0.4 is 9.64 Å². The van der Waals surface area contributed by atoms with Crippen LogP contribution in [0.2, 0.25) is 0 Å². The Bertz CT molecular complexity index is 1410. The van der Waals surface area contributed by atoms with Gasteiger partial charge in [-0.05, 0) is 35.4 Å². The zero-order chi connectivity index (χ0) is 24.9. The van der Waals surface area contributed by atoms with Crippen molar-refractivity contribution in [3.63, 3.8) is 0 Å². The number of nitrogens with one attached hydrogen (secondary N) is 1. The number of hydrogen-bond donors (Lipinski definition) is 1. The minimum absolute atomic E-state index is 0.531. The van der Waals surface area contributed by atoms with Crippen molar-refractivity contribution in [3.8, 4) is 23.1 Å². The summed E-state index contributed by atoms with van der Waals surface area (Å²) in [4.78, 5) is 13.8. The van der Waals surface area contributed by atoms with Crippen molar-refractivity contribution in [2.45, 2.75) is 13.2 Å². The highest BCUT2D eigenvalue weighted by atomic mass is 16.5. The Morgan fingerprint density at radius 3 is 2.22 bits per heavy atom. The number of anilines is 1. The third kappa shape index (κ3) is 5.52. The fourth-order valence-corrected chi connectivity index (χ4v) is 4.37. The van der Waals surface area contributed by atoms with E-state index in [9.17, 15) is 0 Å². The largest absolute Gasteiger partial charge is 0.489 e. The molecule has 1 fully saturated rings. The zero-order valence-electron chi connectivity index (χ0n) is 20.4. The van der Waals surface area contributed by atoms with E-state index < -0.39 is 0 Å². The molecule has 1 aliphatic heterocycles. The van der Waals surface area contributed by atoms with Crippen molar-refractivity contribution in [1.82, 2.24) is 34.8 Å². The zero-order valence-corrected chi connectivity index (χ0v) is 20.4. The second kappa shape index (κ2) is 10.6. The minimum atomic E-state index is 0.531. The Balaban J connectivity index is 1.05. The monoisotopic (exact) mass is 492 g/mol. The van der Waals surface area contributed by atoms with Gasteiger partial charge in [-0.15, -0.1) is 10.2 Å². The van der Waals surface area contributed by atoms with Crippen LogP contribution >= 0.6 is 0 Å². The van der Waals surface area contributed by atoms with Gasteiger partial charge in [0, 0.05) is 38.3 Å². The molecule has 3 heterocycles. The quantitative estimate of drug-likeness (QED) is 0.351. The number of rotatable bonds is 8. The number of benzene rings is 3. The second-order valence-electron chi connectivity index (χ2n) is 9.02. The van der Waals surface area contributed by atoms with Gasteiger partial charge in [-0.25, -0.2) is 10.1 Å². The van der Waals surface area contributed by atoms with Crippen LogP contribution in [0, 0.1) is 0 Å². The number of piperazine rings is 1. The van der Waals surface area contributed by atoms with Gasteiger partial charge in [-0.1, -0.05) is 60.7 Å². The van der Waals surface area contributed by atoms with E-state index in [2.05, 4.69) is 65.4 Å². The van der Waals surface area contributed by atoms with E-state index in [0.717, 1.165) is 49.6 Å². The fraction of sp³-hybridized carbons (Fsp3) is 0.214. The molecule has 0 unspecified atom stereocenters. The van der Waals surface area contributed by atoms with E-state index in [4.69, 9.17) is 4.74 Å². The van der Waals surface area contributed by atoms with Gasteiger partial charge in [-0.3, -0.25) is 4.90 Å². The number of hydrogen-bond acceptors (Lipinski definition) is 7. The van der Waals surface area contributed by atoms with Crippen molar-refractivity contribution >= 4 is 5.95 Å². The molecule has 0 aliphatic carbocycles. The van der Waals surface area contributed by atoms with E-state index in [1.54, 1.807) is 11.0 Å². The molecule has 1 saturated heterocycles. The average Bonchev–Trinajstić information content (AvgIpc) is 3.65. The SMILES string of the molecule is c1ccc(COc2ccc(-c3ncn(-c4nc(N5CCN(Cc6ccccc6)CC5)n[nH]4)n3)cc2)cc1. The third-order valence-electron chi connectivity index (χ3n) is 6.44. The Labute approximate surface area is 215 Å². The number of H-pyrrole nitrogens is 1. The van der Waals surface area contributed by atoms with Crippen molar-refractivity contribution in [3.05, 3.63) is 102 Å². The standard InChI is InChI=1S/C28H28N8O/c1-3-7-22(8-4-1)19-34-15-17-35(18-16-34)27-30-28(32-31-27)36-21-29-26(33-36)24-11-13-25(14-12-24)37-20-23-9-5-2-6-10-23/h1-14,21H,15-20H2,(H,30,31,32). The lowest BCUT2D eigenvalue weighted by atomic mass is 10.2. The number of aromatic nitrogens is 6. The summed E-state index contributed by atoms with van der Waals surface area (Å²) in [5.41, 5.74) is 3.38. The summed E-state index contributed by atoms with van der Waals surface area (Å²) in [7, 11) is 0. The van der Waals surface area contributed by atoms with Gasteiger partial charge in [0.25, 0.3) is 0 Å². The van der Waals surface area contributed by atoms with E-state index in [0.29, 0.717) is 24.3 Å². The molecule has 37 heavy (non-hydrogen) atoms. The third-order valence-corrected chi connectivity index (χ3v) is 6.44. The van der Waals surface area contributed by atoms with Crippen LogP contribution in [0.25, 0.3) is 17.3 Å². The Hall–Kier alpha value is -4.50. The lowest BCUT2D eigenvalue weighted by Crippen LogP contribution is -2.46. The molecule has 2 aromatic heterocycles. The first kappa shape index (κ1) is 22.9. The molecule has 0 spiro atoms. The highest BCUT2D eigenvalue weighted by Crippen LogP contribution is 2.21. The minimum Gasteiger partial charge on any atom is -0.489 e. The lowest BCUT2D eigenvalue weighted by Gasteiger charge is -2.34. The highest BCUT2D eigenvalue weighted by Gasteiger charge is 2.21. The van der Waals surface area contributed by atoms with Crippen LogP contribution in [0.4, 0.5) is 5.95 Å². The Kier molecular flexibility index (Phi) is 6.59. The molecule has 6 rings (SSSR count). The summed E-state index contributed by atoms with van der Waals surface area (Å²) in [6.45, 7) is 5.20. The molecular weight excluding hydrogens is 464 g/mol. The molecule has 0 radical (unpaired) electrons. The average molecular weight is 493 g/mol. The molecule has 0 saturated carbocycles. The molecular formula is C28H28N8O. The summed E-state index contributed by atoms with van der Waals surface area (Å²) in [6.07, 6.45) is 1.65. The van der Waals surface area contributed by atoms with Gasteiger partial charge in [0.05, 0.1) is 0 Å². The molecule has 0 atom stereocenters. The second-order valence-corrected chi connectivity index (χ2v) is 9.02. The lowest BCUT2D eigenvalue weighted by molar-refractivity contribution is 0.249. The van der Waals surface area contributed by atoms with Crippen LogP contribution in [0.5, 0.6) is 5.75 Å². The molecule has 0 bridgehead atoms. The summed E-state index contributed by atoms with van der Waals surface area (Å²) >= 11 is 0. The van der Waals surface area contributed by atoms with Crippen LogP contribution in [-0.2, 0) is 13.2 Å². The predicted molar refractivity (Wildman–Crippen MR) is 141 cm³/mol. The predicted octanol–water partition coefficient (Wildman–Crippen LogP) is 3.95. The first-order valence-corrected chi connectivity index (χ1v) is 12.4. The number of ether oxygens (including phenoxy) is 1. The van der Waals surface area contributed by atoms with E-state index in [-0.39, 0.29) is 0 Å². The highest BCUT2D eigenvalue weighted by molar-refractivity contribution is 5.55. The number of aromatic amines is 1. The van der Waals surface area contributed by atoms with Crippen LogP contribution in [0.3, 0.4) is 0 Å². The first-order chi connectivity index (χ1) is 18.3. The van der Waals surface area contributed by atoms with Crippen molar-refractivity contribution in [2.24, 2.45) is 0 Å². The van der Waals surface area contributed by atoms with Gasteiger partial charge in [0.2, 0.25) is 11.9 Å². The summed E-state index contributed by atoms with van der Waals surface area (Å²) < 4.78 is 7.50. The summed E-state index contributed by atoms with van der Waals surface area (Å²) in [6, 6.07) is 28.5. The summed E-state index contributed by atoms with van der Waals surface area (Å²) in [5, 5.41) is 12.0. The van der Waals surface area contributed by atoms with Crippen LogP contribution in [0.1, 0.15) is 11.1 Å². The Morgan fingerprint density at radius 1 is 0.784 bits per heavy atom. The number of nitrogens with zero attached hydrogens (tertiary/aromatic N) is 7. The molecule has 5 aromatic rings. The molecule has 1 aliphatic rings. The van der Waals surface area contributed by atoms with E-state index in [1.165, 1.54) is 5.56 Å². The van der Waals surface area contributed by atoms with E-state index in [1.807, 2.05) is 54.6 Å². The molecule has 9 heteroatoms. The first-order valence-electron chi connectivity index (χ1n) is 12.4. The molecule has 1 N–H and O–H groups in total. The normalized spacial score (nSPS) is 14.1. The molecule has 3 aromatic carbocycles. The van der Waals surface area contributed by atoms with Crippen molar-refractivity contribution in [2.75, 3.05) is 31.1 Å². The smallest absolute Gasteiger partial charge is 0.249 e. The van der Waals surface area contributed by atoms with Gasteiger partial charge >= 0.3 is 0 Å². The van der Waals surface area contributed by atoms with Crippen molar-refractivity contribution in [1.29, 1.82) is 0 Å². The molecule has 9 nitrogen and oxygen atoms in total. The maximum Gasteiger partial charge on any atom is 0.249 e. The van der Waals surface area contributed by atoms with Gasteiger partial charge in [0.1, 0.15) is 18.7 Å². The topological polar surface area (TPSA) is 88.0 Å². The van der Waals surface area contributed by atoms with Gasteiger partial charge in [0.15, 0.2) is 5.82 Å². The Morgan fingerprint density at radius 2 is 1.49 bits per heavy atom. The van der Waals surface area contributed by atoms with Crippen molar-refractivity contribution < 1.29 is 4.74 Å².